The van der Waals surface area contributed by atoms with E-state index in [1.807, 2.05) is 26.0 Å². The van der Waals surface area contributed by atoms with Crippen LogP contribution in [0, 0.1) is 17.7 Å². The predicted molar refractivity (Wildman–Crippen MR) is 128 cm³/mol. The van der Waals surface area contributed by atoms with Crippen LogP contribution in [-0.4, -0.2) is 34.2 Å². The van der Waals surface area contributed by atoms with Gasteiger partial charge in [0.15, 0.2) is 11.6 Å². The Balaban J connectivity index is 1.43. The Labute approximate surface area is 198 Å². The lowest BCUT2D eigenvalue weighted by molar-refractivity contribution is -0.125. The minimum atomic E-state index is -1.31. The van der Waals surface area contributed by atoms with E-state index in [4.69, 9.17) is 9.84 Å². The third kappa shape index (κ3) is 8.05. The van der Waals surface area contributed by atoms with Gasteiger partial charge in [-0.25, -0.2) is 13.3 Å². The summed E-state index contributed by atoms with van der Waals surface area (Å²) in [6, 6.07) is 4.78. The molecular formula is C25H35FN2O4S. The van der Waals surface area contributed by atoms with Gasteiger partial charge >= 0.3 is 0 Å². The van der Waals surface area contributed by atoms with Crippen LogP contribution in [-0.2, 0) is 21.3 Å². The van der Waals surface area contributed by atoms with Crippen molar-refractivity contribution < 1.29 is 23.2 Å². The lowest BCUT2D eigenvalue weighted by atomic mass is 9.92. The van der Waals surface area contributed by atoms with Crippen LogP contribution in [0.15, 0.2) is 42.1 Å². The van der Waals surface area contributed by atoms with E-state index >= 15 is 0 Å². The first kappa shape index (κ1) is 25.6. The summed E-state index contributed by atoms with van der Waals surface area (Å²) < 4.78 is 35.4. The van der Waals surface area contributed by atoms with Crippen LogP contribution >= 0.6 is 0 Å². The Bertz CT molecular complexity index is 912. The molecule has 1 aliphatic carbocycles. The zero-order valence-electron chi connectivity index (χ0n) is 19.4. The molecule has 2 aliphatic rings. The monoisotopic (exact) mass is 478 g/mol. The van der Waals surface area contributed by atoms with Crippen molar-refractivity contribution in [2.45, 2.75) is 57.9 Å². The lowest BCUT2D eigenvalue weighted by Crippen LogP contribution is -2.38. The van der Waals surface area contributed by atoms with Gasteiger partial charge in [0.2, 0.25) is 5.91 Å². The fraction of sp³-hybridized carbons (Fsp3) is 0.560. The quantitative estimate of drug-likeness (QED) is 0.398. The van der Waals surface area contributed by atoms with Gasteiger partial charge in [-0.3, -0.25) is 4.79 Å². The summed E-state index contributed by atoms with van der Waals surface area (Å²) in [5, 5.41) is 11.8. The number of carbonyl (C=O) groups excluding carboxylic acids is 1. The zero-order chi connectivity index (χ0) is 23.8. The third-order valence-electron chi connectivity index (χ3n) is 6.04. The second-order valence-electron chi connectivity index (χ2n) is 9.32. The van der Waals surface area contributed by atoms with E-state index in [1.165, 1.54) is 6.07 Å². The molecule has 33 heavy (non-hydrogen) atoms. The summed E-state index contributed by atoms with van der Waals surface area (Å²) in [7, 11) is -1.31. The number of ether oxygens (including phenoxy) is 1. The number of aliphatic hydroxyl groups excluding tert-OH is 1. The molecule has 0 radical (unpaired) electrons. The Morgan fingerprint density at radius 2 is 2.09 bits per heavy atom. The smallest absolute Gasteiger partial charge is 0.227 e. The second kappa shape index (κ2) is 11.9. The van der Waals surface area contributed by atoms with Crippen molar-refractivity contribution in [3.05, 3.63) is 53.5 Å². The number of hydrogen-bond acceptors (Lipinski definition) is 4. The lowest BCUT2D eigenvalue weighted by Gasteiger charge is -2.26. The maximum atomic E-state index is 14.1. The van der Waals surface area contributed by atoms with Gasteiger partial charge in [-0.15, -0.1) is 0 Å². The number of aliphatic hydroxyl groups is 1. The predicted octanol–water partition coefficient (Wildman–Crippen LogP) is 3.84. The van der Waals surface area contributed by atoms with Crippen LogP contribution in [0.2, 0.25) is 0 Å². The molecule has 1 aliphatic heterocycles. The van der Waals surface area contributed by atoms with Gasteiger partial charge in [0.25, 0.3) is 0 Å². The van der Waals surface area contributed by atoms with E-state index in [0.29, 0.717) is 18.3 Å². The largest absolute Gasteiger partial charge is 0.490 e. The first-order valence-corrected chi connectivity index (χ1v) is 12.9. The summed E-state index contributed by atoms with van der Waals surface area (Å²) in [6.07, 6.45) is 10.7. The van der Waals surface area contributed by atoms with E-state index in [1.54, 1.807) is 18.2 Å². The summed E-state index contributed by atoms with van der Waals surface area (Å²) in [5.74, 6) is 0.698. The second-order valence-corrected chi connectivity index (χ2v) is 10.6. The highest BCUT2D eigenvalue weighted by Gasteiger charge is 2.26. The molecule has 1 amide bonds. The number of benzene rings is 1. The summed E-state index contributed by atoms with van der Waals surface area (Å²) in [5.41, 5.74) is 0.982. The van der Waals surface area contributed by atoms with Crippen LogP contribution in [0.1, 0.15) is 57.9 Å². The molecule has 1 aromatic rings. The molecule has 1 saturated carbocycles. The Morgan fingerprint density at radius 1 is 1.30 bits per heavy atom. The molecular weight excluding hydrogens is 443 g/mol. The van der Waals surface area contributed by atoms with Gasteiger partial charge in [0, 0.05) is 17.2 Å². The van der Waals surface area contributed by atoms with Crippen LogP contribution in [0.3, 0.4) is 0 Å². The molecule has 0 bridgehead atoms. The first-order valence-electron chi connectivity index (χ1n) is 11.6. The molecule has 2 atom stereocenters. The zero-order valence-corrected chi connectivity index (χ0v) is 20.3. The highest BCUT2D eigenvalue weighted by Crippen LogP contribution is 2.32. The Hall–Kier alpha value is -2.03. The number of carbonyl (C=O) groups is 1. The molecule has 3 N–H and O–H groups in total. The molecule has 3 rings (SSSR count). The van der Waals surface area contributed by atoms with E-state index in [-0.39, 0.29) is 30.0 Å². The van der Waals surface area contributed by atoms with Crippen molar-refractivity contribution in [1.29, 1.82) is 0 Å². The highest BCUT2D eigenvalue weighted by molar-refractivity contribution is 7.83. The number of allylic oxidation sites excluding steroid dienone is 2. The Kier molecular flexibility index (Phi) is 9.23. The van der Waals surface area contributed by atoms with Crippen LogP contribution in [0.5, 0.6) is 5.75 Å². The van der Waals surface area contributed by atoms with Gasteiger partial charge in [-0.1, -0.05) is 18.2 Å². The SMILES string of the molecule is CC(C)(NS(=O)C/C=C/CCC1CC/C(=C\CO)NC1=O)c1ccc(F)c(OCC2CC2)c1. The first-order chi connectivity index (χ1) is 15.8. The third-order valence-corrected chi connectivity index (χ3v) is 7.28. The minimum Gasteiger partial charge on any atom is -0.490 e. The normalized spacial score (nSPS) is 21.4. The van der Waals surface area contributed by atoms with Crippen molar-refractivity contribution >= 4 is 16.9 Å². The molecule has 6 nitrogen and oxygen atoms in total. The standard InChI is InChI=1S/C25H35FN2O4S/c1-25(2,20-10-12-22(26)23(16-20)32-17-18-7-8-18)28-33(31)15-5-3-4-6-19-9-11-21(13-14-29)27-24(19)30/h3,5,10,12-13,16,18-19,28-29H,4,6-9,11,14-15,17H2,1-2H3,(H,27,30)/b5-3+,21-13+. The minimum absolute atomic E-state index is 0.00104. The topological polar surface area (TPSA) is 87.7 Å². The molecule has 1 saturated heterocycles. The average molecular weight is 479 g/mol. The molecule has 8 heteroatoms. The number of piperidine rings is 1. The van der Waals surface area contributed by atoms with Crippen molar-refractivity contribution in [2.24, 2.45) is 11.8 Å². The maximum absolute atomic E-state index is 14.1. The van der Waals surface area contributed by atoms with Gasteiger partial charge < -0.3 is 15.2 Å². The van der Waals surface area contributed by atoms with Gasteiger partial charge in [-0.05, 0) is 82.1 Å². The highest BCUT2D eigenvalue weighted by atomic mass is 32.2. The average Bonchev–Trinajstić information content (AvgIpc) is 3.58. The van der Waals surface area contributed by atoms with Gasteiger partial charge in [0.05, 0.1) is 30.0 Å². The van der Waals surface area contributed by atoms with Gasteiger partial charge in [0.1, 0.15) is 0 Å². The van der Waals surface area contributed by atoms with E-state index in [9.17, 15) is 13.4 Å². The van der Waals surface area contributed by atoms with Crippen molar-refractivity contribution in [1.82, 2.24) is 10.0 Å². The van der Waals surface area contributed by atoms with Crippen LogP contribution in [0.25, 0.3) is 0 Å². The molecule has 1 aromatic carbocycles. The van der Waals surface area contributed by atoms with Crippen molar-refractivity contribution in [3.8, 4) is 5.75 Å². The molecule has 182 valence electrons. The van der Waals surface area contributed by atoms with Crippen LogP contribution in [0.4, 0.5) is 4.39 Å². The Morgan fingerprint density at radius 3 is 2.79 bits per heavy atom. The number of rotatable bonds is 12. The number of nitrogens with one attached hydrogen (secondary N) is 2. The van der Waals surface area contributed by atoms with Crippen molar-refractivity contribution in [2.75, 3.05) is 19.0 Å². The van der Waals surface area contributed by atoms with E-state index < -0.39 is 16.5 Å². The molecule has 2 fully saturated rings. The van der Waals surface area contributed by atoms with Crippen LogP contribution < -0.4 is 14.8 Å². The number of halogens is 1. The van der Waals surface area contributed by atoms with Crippen molar-refractivity contribution in [3.63, 3.8) is 0 Å². The fourth-order valence-electron chi connectivity index (χ4n) is 3.77. The summed E-state index contributed by atoms with van der Waals surface area (Å²) >= 11 is 0. The van der Waals surface area contributed by atoms with Gasteiger partial charge in [-0.2, -0.15) is 0 Å². The molecule has 2 unspecified atom stereocenters. The molecule has 1 heterocycles. The number of hydrogen-bond donors (Lipinski definition) is 3. The number of amides is 1. The molecule has 0 spiro atoms. The summed E-state index contributed by atoms with van der Waals surface area (Å²) in [6.45, 7) is 4.29. The summed E-state index contributed by atoms with van der Waals surface area (Å²) in [4.78, 5) is 12.1. The maximum Gasteiger partial charge on any atom is 0.227 e. The van der Waals surface area contributed by atoms with E-state index in [0.717, 1.165) is 49.8 Å². The fourth-order valence-corrected chi connectivity index (χ4v) is 4.85. The molecule has 0 aromatic heterocycles. The van der Waals surface area contributed by atoms with E-state index in [2.05, 4.69) is 10.0 Å².